The highest BCUT2D eigenvalue weighted by atomic mass is 35.5. The standard InChI is InChI=1S/C15H17ClN2O2/c1-3-7-11-13(15(19)20)14(16)18(17-11)12-9-6-5-8-10(12)4-2/h5-6,8-9H,3-4,7H2,1-2H3,(H,19,20). The monoisotopic (exact) mass is 292 g/mol. The van der Waals surface area contributed by atoms with Crippen molar-refractivity contribution in [1.82, 2.24) is 9.78 Å². The predicted octanol–water partition coefficient (Wildman–Crippen LogP) is 3.74. The normalized spacial score (nSPS) is 10.8. The summed E-state index contributed by atoms with van der Waals surface area (Å²) < 4.78 is 1.54. The van der Waals surface area contributed by atoms with E-state index >= 15 is 0 Å². The van der Waals surface area contributed by atoms with Crippen LogP contribution in [0.4, 0.5) is 0 Å². The van der Waals surface area contributed by atoms with Crippen molar-refractivity contribution in [2.75, 3.05) is 0 Å². The van der Waals surface area contributed by atoms with Crippen LogP contribution in [0.3, 0.4) is 0 Å². The number of aromatic nitrogens is 2. The first-order valence-electron chi connectivity index (χ1n) is 6.69. The van der Waals surface area contributed by atoms with Crippen molar-refractivity contribution in [3.05, 3.63) is 46.2 Å². The predicted molar refractivity (Wildman–Crippen MR) is 78.9 cm³/mol. The molecule has 0 aliphatic carbocycles. The second kappa shape index (κ2) is 6.09. The fourth-order valence-electron chi connectivity index (χ4n) is 2.24. The van der Waals surface area contributed by atoms with Gasteiger partial charge >= 0.3 is 5.97 Å². The second-order valence-corrected chi connectivity index (χ2v) is 4.92. The molecular formula is C15H17ClN2O2. The Kier molecular flexibility index (Phi) is 4.45. The molecule has 106 valence electrons. The molecule has 0 spiro atoms. The van der Waals surface area contributed by atoms with Crippen LogP contribution in [0.2, 0.25) is 5.15 Å². The van der Waals surface area contributed by atoms with E-state index in [1.807, 2.05) is 38.1 Å². The smallest absolute Gasteiger partial charge is 0.340 e. The van der Waals surface area contributed by atoms with E-state index in [9.17, 15) is 9.90 Å². The SMILES string of the molecule is CCCc1nn(-c2ccccc2CC)c(Cl)c1C(=O)O. The molecular weight excluding hydrogens is 276 g/mol. The van der Waals surface area contributed by atoms with E-state index in [2.05, 4.69) is 5.10 Å². The van der Waals surface area contributed by atoms with Gasteiger partial charge < -0.3 is 5.11 Å². The minimum absolute atomic E-state index is 0.111. The van der Waals surface area contributed by atoms with Crippen LogP contribution in [0.15, 0.2) is 24.3 Å². The zero-order valence-electron chi connectivity index (χ0n) is 11.6. The largest absolute Gasteiger partial charge is 0.478 e. The molecule has 0 unspecified atom stereocenters. The quantitative estimate of drug-likeness (QED) is 0.913. The molecule has 0 saturated carbocycles. The van der Waals surface area contributed by atoms with Crippen molar-refractivity contribution < 1.29 is 9.90 Å². The summed E-state index contributed by atoms with van der Waals surface area (Å²) in [6, 6.07) is 7.74. The highest BCUT2D eigenvalue weighted by Gasteiger charge is 2.23. The van der Waals surface area contributed by atoms with Crippen molar-refractivity contribution >= 4 is 17.6 Å². The maximum absolute atomic E-state index is 11.4. The van der Waals surface area contributed by atoms with Gasteiger partial charge in [0, 0.05) is 0 Å². The van der Waals surface area contributed by atoms with E-state index < -0.39 is 5.97 Å². The molecule has 0 bridgehead atoms. The molecule has 1 N–H and O–H groups in total. The maximum Gasteiger partial charge on any atom is 0.340 e. The average molecular weight is 293 g/mol. The van der Waals surface area contributed by atoms with Gasteiger partial charge in [0.2, 0.25) is 0 Å². The Labute approximate surface area is 123 Å². The minimum Gasteiger partial charge on any atom is -0.478 e. The van der Waals surface area contributed by atoms with Crippen LogP contribution in [0, 0.1) is 0 Å². The van der Waals surface area contributed by atoms with Gasteiger partial charge in [-0.2, -0.15) is 5.10 Å². The third-order valence-electron chi connectivity index (χ3n) is 3.20. The van der Waals surface area contributed by atoms with Gasteiger partial charge in [0.25, 0.3) is 0 Å². The van der Waals surface area contributed by atoms with Gasteiger partial charge in [-0.25, -0.2) is 9.48 Å². The van der Waals surface area contributed by atoms with Crippen molar-refractivity contribution in [1.29, 1.82) is 0 Å². The lowest BCUT2D eigenvalue weighted by Gasteiger charge is -2.08. The lowest BCUT2D eigenvalue weighted by atomic mass is 10.1. The van der Waals surface area contributed by atoms with E-state index in [-0.39, 0.29) is 10.7 Å². The van der Waals surface area contributed by atoms with Crippen LogP contribution in [0.5, 0.6) is 0 Å². The molecule has 0 amide bonds. The van der Waals surface area contributed by atoms with E-state index in [1.54, 1.807) is 0 Å². The van der Waals surface area contributed by atoms with E-state index in [0.717, 1.165) is 24.1 Å². The number of hydrogen-bond acceptors (Lipinski definition) is 2. The topological polar surface area (TPSA) is 55.1 Å². The van der Waals surface area contributed by atoms with Gasteiger partial charge in [0.15, 0.2) is 0 Å². The summed E-state index contributed by atoms with van der Waals surface area (Å²) in [4.78, 5) is 11.4. The number of aromatic carboxylic acids is 1. The summed E-state index contributed by atoms with van der Waals surface area (Å²) in [5.74, 6) is -1.03. The molecule has 1 aromatic carbocycles. The summed E-state index contributed by atoms with van der Waals surface area (Å²) in [7, 11) is 0. The molecule has 0 aliphatic heterocycles. The van der Waals surface area contributed by atoms with Crippen LogP contribution < -0.4 is 0 Å². The molecule has 1 heterocycles. The fourth-order valence-corrected chi connectivity index (χ4v) is 2.56. The number of para-hydroxylation sites is 1. The molecule has 0 radical (unpaired) electrons. The number of hydrogen-bond donors (Lipinski definition) is 1. The number of carboxylic acid groups (broad SMARTS) is 1. The highest BCUT2D eigenvalue weighted by molar-refractivity contribution is 6.33. The Morgan fingerprint density at radius 2 is 2.05 bits per heavy atom. The third-order valence-corrected chi connectivity index (χ3v) is 3.55. The zero-order chi connectivity index (χ0) is 14.7. The van der Waals surface area contributed by atoms with Crippen molar-refractivity contribution in [3.63, 3.8) is 0 Å². The Hall–Kier alpha value is -1.81. The molecule has 0 atom stereocenters. The maximum atomic E-state index is 11.4. The van der Waals surface area contributed by atoms with Crippen LogP contribution in [0.25, 0.3) is 5.69 Å². The van der Waals surface area contributed by atoms with Crippen LogP contribution in [-0.2, 0) is 12.8 Å². The number of rotatable bonds is 5. The van der Waals surface area contributed by atoms with Crippen molar-refractivity contribution in [3.8, 4) is 5.69 Å². The number of carbonyl (C=O) groups is 1. The Balaban J connectivity index is 2.63. The second-order valence-electron chi connectivity index (χ2n) is 4.56. The summed E-state index contributed by atoms with van der Waals surface area (Å²) in [5.41, 5.74) is 2.57. The van der Waals surface area contributed by atoms with Crippen molar-refractivity contribution in [2.45, 2.75) is 33.1 Å². The van der Waals surface area contributed by atoms with E-state index in [0.29, 0.717) is 12.1 Å². The first-order chi connectivity index (χ1) is 9.60. The van der Waals surface area contributed by atoms with Gasteiger partial charge in [-0.15, -0.1) is 0 Å². The summed E-state index contributed by atoms with van der Waals surface area (Å²) >= 11 is 6.24. The molecule has 20 heavy (non-hydrogen) atoms. The molecule has 2 aromatic rings. The van der Waals surface area contributed by atoms with Gasteiger partial charge in [-0.1, -0.05) is 50.1 Å². The van der Waals surface area contributed by atoms with Crippen LogP contribution >= 0.6 is 11.6 Å². The molecule has 5 heteroatoms. The summed E-state index contributed by atoms with van der Waals surface area (Å²) in [6.07, 6.45) is 2.25. The van der Waals surface area contributed by atoms with Gasteiger partial charge in [-0.3, -0.25) is 0 Å². The van der Waals surface area contributed by atoms with Crippen molar-refractivity contribution in [2.24, 2.45) is 0 Å². The number of aryl methyl sites for hydroxylation is 2. The van der Waals surface area contributed by atoms with Gasteiger partial charge in [0.05, 0.1) is 11.4 Å². The Bertz CT molecular complexity index is 635. The van der Waals surface area contributed by atoms with Gasteiger partial charge in [-0.05, 0) is 24.5 Å². The molecule has 1 aromatic heterocycles. The number of benzene rings is 1. The van der Waals surface area contributed by atoms with Crippen LogP contribution in [-0.4, -0.2) is 20.9 Å². The summed E-state index contributed by atoms with van der Waals surface area (Å²) in [6.45, 7) is 4.03. The Morgan fingerprint density at radius 3 is 2.65 bits per heavy atom. The molecule has 0 saturated heterocycles. The van der Waals surface area contributed by atoms with Gasteiger partial charge in [0.1, 0.15) is 10.7 Å². The number of carboxylic acids is 1. The summed E-state index contributed by atoms with van der Waals surface area (Å²) in [5, 5.41) is 13.9. The lowest BCUT2D eigenvalue weighted by molar-refractivity contribution is 0.0696. The Morgan fingerprint density at radius 1 is 1.35 bits per heavy atom. The molecule has 0 aliphatic rings. The molecule has 4 nitrogen and oxygen atoms in total. The first-order valence-corrected chi connectivity index (χ1v) is 7.06. The number of halogens is 1. The van der Waals surface area contributed by atoms with E-state index in [1.165, 1.54) is 4.68 Å². The average Bonchev–Trinajstić information content (AvgIpc) is 2.76. The molecule has 2 rings (SSSR count). The van der Waals surface area contributed by atoms with Crippen LogP contribution in [0.1, 0.15) is 41.9 Å². The minimum atomic E-state index is -1.03. The first kappa shape index (κ1) is 14.6. The third kappa shape index (κ3) is 2.56. The zero-order valence-corrected chi connectivity index (χ0v) is 12.3. The van der Waals surface area contributed by atoms with E-state index in [4.69, 9.17) is 11.6 Å². The number of nitrogens with zero attached hydrogens (tertiary/aromatic N) is 2. The highest BCUT2D eigenvalue weighted by Crippen LogP contribution is 2.26. The lowest BCUT2D eigenvalue weighted by Crippen LogP contribution is -2.02. The molecule has 0 fully saturated rings. The fraction of sp³-hybridized carbons (Fsp3) is 0.333.